The summed E-state index contributed by atoms with van der Waals surface area (Å²) in [6.45, 7) is 2.10. The number of fused-ring (bicyclic) bond motifs is 1. The van der Waals surface area contributed by atoms with Crippen molar-refractivity contribution in [2.45, 2.75) is 6.92 Å². The molecule has 0 atom stereocenters. The molecule has 4 nitrogen and oxygen atoms in total. The third-order valence-electron chi connectivity index (χ3n) is 3.31. The smallest absolute Gasteiger partial charge is 0.145 e. The van der Waals surface area contributed by atoms with E-state index in [1.54, 1.807) is 11.3 Å². The standard InChI is InChI=1S/C15H11N3OS/c1-9-4-7-13(20-9)11-6-5-10(12-3-2-8-16-12)14-15(11)18-19-17-14/h2-8,16H,1H3. The normalized spacial score (nSPS) is 11.2. The predicted molar refractivity (Wildman–Crippen MR) is 79.6 cm³/mol. The van der Waals surface area contributed by atoms with E-state index in [-0.39, 0.29) is 0 Å². The second-order valence-corrected chi connectivity index (χ2v) is 5.90. The zero-order valence-corrected chi connectivity index (χ0v) is 11.6. The van der Waals surface area contributed by atoms with E-state index in [0.717, 1.165) is 27.9 Å². The fourth-order valence-corrected chi connectivity index (χ4v) is 3.25. The number of hydrogen-bond acceptors (Lipinski definition) is 4. The molecule has 0 aliphatic carbocycles. The number of nitrogens with one attached hydrogen (secondary N) is 1. The fraction of sp³-hybridized carbons (Fsp3) is 0.0667. The molecular weight excluding hydrogens is 270 g/mol. The fourth-order valence-electron chi connectivity index (χ4n) is 2.36. The van der Waals surface area contributed by atoms with Crippen molar-refractivity contribution in [2.24, 2.45) is 0 Å². The highest BCUT2D eigenvalue weighted by Crippen LogP contribution is 2.35. The van der Waals surface area contributed by atoms with Gasteiger partial charge in [0, 0.05) is 32.8 Å². The lowest BCUT2D eigenvalue weighted by atomic mass is 10.1. The van der Waals surface area contributed by atoms with Crippen molar-refractivity contribution < 1.29 is 4.63 Å². The number of aromatic amines is 1. The lowest BCUT2D eigenvalue weighted by molar-refractivity contribution is 0.315. The van der Waals surface area contributed by atoms with E-state index in [9.17, 15) is 0 Å². The van der Waals surface area contributed by atoms with Gasteiger partial charge >= 0.3 is 0 Å². The first-order valence-electron chi connectivity index (χ1n) is 6.29. The first-order valence-corrected chi connectivity index (χ1v) is 7.10. The van der Waals surface area contributed by atoms with Crippen molar-refractivity contribution in [3.8, 4) is 21.7 Å². The van der Waals surface area contributed by atoms with Crippen molar-refractivity contribution in [1.29, 1.82) is 0 Å². The second kappa shape index (κ2) is 4.31. The molecule has 3 heterocycles. The van der Waals surface area contributed by atoms with Crippen LogP contribution in [0.5, 0.6) is 0 Å². The Labute approximate surface area is 119 Å². The Hall–Kier alpha value is -2.40. The summed E-state index contributed by atoms with van der Waals surface area (Å²) in [6.07, 6.45) is 1.89. The third-order valence-corrected chi connectivity index (χ3v) is 4.34. The zero-order valence-electron chi connectivity index (χ0n) is 10.8. The Morgan fingerprint density at radius 3 is 2.50 bits per heavy atom. The average Bonchev–Trinajstić information content (AvgIpc) is 3.18. The average molecular weight is 281 g/mol. The van der Waals surface area contributed by atoms with Gasteiger partial charge in [-0.05, 0) is 47.6 Å². The van der Waals surface area contributed by atoms with Gasteiger partial charge in [-0.25, -0.2) is 4.63 Å². The molecular formula is C15H11N3OS. The van der Waals surface area contributed by atoms with E-state index >= 15 is 0 Å². The third kappa shape index (κ3) is 1.67. The number of benzene rings is 1. The van der Waals surface area contributed by atoms with Gasteiger partial charge < -0.3 is 4.98 Å². The summed E-state index contributed by atoms with van der Waals surface area (Å²) >= 11 is 1.75. The molecule has 0 bridgehead atoms. The van der Waals surface area contributed by atoms with Crippen LogP contribution in [0.25, 0.3) is 32.7 Å². The van der Waals surface area contributed by atoms with E-state index in [1.165, 1.54) is 9.75 Å². The van der Waals surface area contributed by atoms with Gasteiger partial charge in [0.15, 0.2) is 0 Å². The van der Waals surface area contributed by atoms with Crippen molar-refractivity contribution in [3.63, 3.8) is 0 Å². The van der Waals surface area contributed by atoms with Crippen molar-refractivity contribution >= 4 is 22.4 Å². The number of aromatic nitrogens is 3. The Morgan fingerprint density at radius 1 is 1.00 bits per heavy atom. The SMILES string of the molecule is Cc1ccc(-c2ccc(-c3ccc[nH]3)c3nonc23)s1. The van der Waals surface area contributed by atoms with Gasteiger partial charge in [0.25, 0.3) is 0 Å². The molecule has 20 heavy (non-hydrogen) atoms. The summed E-state index contributed by atoms with van der Waals surface area (Å²) < 4.78 is 4.96. The van der Waals surface area contributed by atoms with Gasteiger partial charge in [0.1, 0.15) is 11.0 Å². The molecule has 1 N–H and O–H groups in total. The number of rotatable bonds is 2. The molecule has 0 amide bonds. The highest BCUT2D eigenvalue weighted by molar-refractivity contribution is 7.15. The van der Waals surface area contributed by atoms with Crippen molar-refractivity contribution in [1.82, 2.24) is 15.3 Å². The number of H-pyrrole nitrogens is 1. The van der Waals surface area contributed by atoms with Gasteiger partial charge in [-0.2, -0.15) is 0 Å². The molecule has 3 aromatic heterocycles. The van der Waals surface area contributed by atoms with Gasteiger partial charge in [0.2, 0.25) is 0 Å². The topological polar surface area (TPSA) is 54.7 Å². The van der Waals surface area contributed by atoms with Crippen molar-refractivity contribution in [3.05, 3.63) is 47.5 Å². The van der Waals surface area contributed by atoms with E-state index in [2.05, 4.69) is 46.5 Å². The number of nitrogens with zero attached hydrogens (tertiary/aromatic N) is 2. The van der Waals surface area contributed by atoms with Crippen LogP contribution in [0.4, 0.5) is 0 Å². The van der Waals surface area contributed by atoms with Crippen LogP contribution >= 0.6 is 11.3 Å². The lowest BCUT2D eigenvalue weighted by Gasteiger charge is -2.02. The van der Waals surface area contributed by atoms with E-state index < -0.39 is 0 Å². The van der Waals surface area contributed by atoms with Crippen molar-refractivity contribution in [2.75, 3.05) is 0 Å². The molecule has 98 valence electrons. The van der Waals surface area contributed by atoms with Gasteiger partial charge in [-0.3, -0.25) is 0 Å². The van der Waals surface area contributed by atoms with Crippen LogP contribution in [0.3, 0.4) is 0 Å². The minimum absolute atomic E-state index is 0.788. The van der Waals surface area contributed by atoms with E-state index in [0.29, 0.717) is 0 Å². The highest BCUT2D eigenvalue weighted by atomic mass is 32.1. The van der Waals surface area contributed by atoms with Gasteiger partial charge in [0.05, 0.1) is 0 Å². The summed E-state index contributed by atoms with van der Waals surface area (Å²) in [7, 11) is 0. The summed E-state index contributed by atoms with van der Waals surface area (Å²) in [5.41, 5.74) is 4.67. The van der Waals surface area contributed by atoms with Gasteiger partial charge in [-0.1, -0.05) is 6.07 Å². The minimum Gasteiger partial charge on any atom is -0.361 e. The van der Waals surface area contributed by atoms with Crippen LogP contribution in [-0.2, 0) is 0 Å². The molecule has 4 rings (SSSR count). The van der Waals surface area contributed by atoms with E-state index in [4.69, 9.17) is 4.63 Å². The summed E-state index contributed by atoms with van der Waals surface area (Å²) in [6, 6.07) is 12.3. The molecule has 0 fully saturated rings. The molecule has 4 aromatic rings. The maximum atomic E-state index is 4.96. The summed E-state index contributed by atoms with van der Waals surface area (Å²) in [5.74, 6) is 0. The van der Waals surface area contributed by atoms with Crippen LogP contribution in [0, 0.1) is 6.92 Å². The molecule has 0 spiro atoms. The monoisotopic (exact) mass is 281 g/mol. The molecule has 1 aromatic carbocycles. The summed E-state index contributed by atoms with van der Waals surface area (Å²) in [4.78, 5) is 5.65. The van der Waals surface area contributed by atoms with Crippen LogP contribution in [-0.4, -0.2) is 15.3 Å². The predicted octanol–water partition coefficient (Wildman–Crippen LogP) is 4.25. The number of hydrogen-bond donors (Lipinski definition) is 1. The lowest BCUT2D eigenvalue weighted by Crippen LogP contribution is -1.83. The molecule has 0 saturated carbocycles. The quantitative estimate of drug-likeness (QED) is 0.597. The maximum Gasteiger partial charge on any atom is 0.145 e. The Bertz CT molecular complexity index is 874. The number of aryl methyl sites for hydroxylation is 1. The molecule has 0 aliphatic heterocycles. The Morgan fingerprint density at radius 2 is 1.80 bits per heavy atom. The maximum absolute atomic E-state index is 4.96. The van der Waals surface area contributed by atoms with E-state index in [1.807, 2.05) is 18.3 Å². The molecule has 0 radical (unpaired) electrons. The number of thiophene rings is 1. The van der Waals surface area contributed by atoms with Crippen LogP contribution in [0.1, 0.15) is 4.88 Å². The van der Waals surface area contributed by atoms with Crippen LogP contribution in [0.2, 0.25) is 0 Å². The summed E-state index contributed by atoms with van der Waals surface area (Å²) in [5, 5.41) is 8.15. The largest absolute Gasteiger partial charge is 0.361 e. The zero-order chi connectivity index (χ0) is 13.5. The Balaban J connectivity index is 1.98. The molecule has 5 heteroatoms. The second-order valence-electron chi connectivity index (χ2n) is 4.62. The molecule has 0 saturated heterocycles. The first kappa shape index (κ1) is 11.4. The minimum atomic E-state index is 0.788. The highest BCUT2D eigenvalue weighted by Gasteiger charge is 2.15. The van der Waals surface area contributed by atoms with Gasteiger partial charge in [-0.15, -0.1) is 11.3 Å². The molecule has 0 aliphatic rings. The Kier molecular flexibility index (Phi) is 2.47. The molecule has 0 unspecified atom stereocenters. The first-order chi connectivity index (χ1) is 9.83. The van der Waals surface area contributed by atoms with Crippen LogP contribution < -0.4 is 0 Å². The van der Waals surface area contributed by atoms with Crippen LogP contribution in [0.15, 0.2) is 47.2 Å².